The summed E-state index contributed by atoms with van der Waals surface area (Å²) >= 11 is 1.83. The first kappa shape index (κ1) is 9.53. The second-order valence-corrected chi connectivity index (χ2v) is 5.53. The van der Waals surface area contributed by atoms with E-state index in [0.29, 0.717) is 0 Å². The maximum Gasteiger partial charge on any atom is 0.172 e. The lowest BCUT2D eigenvalue weighted by molar-refractivity contribution is 0.899. The van der Waals surface area contributed by atoms with Gasteiger partial charge in [0.1, 0.15) is 17.0 Å². The van der Waals surface area contributed by atoms with Crippen molar-refractivity contribution in [3.63, 3.8) is 0 Å². The monoisotopic (exact) mass is 244 g/mol. The molecule has 0 radical (unpaired) electrons. The Balaban J connectivity index is 2.19. The van der Waals surface area contributed by atoms with Crippen LogP contribution in [-0.2, 0) is 19.3 Å². The molecule has 0 amide bonds. The van der Waals surface area contributed by atoms with E-state index in [1.54, 1.807) is 0 Å². The smallest absolute Gasteiger partial charge is 0.172 e. The van der Waals surface area contributed by atoms with E-state index in [1.807, 2.05) is 22.1 Å². The Morgan fingerprint density at radius 3 is 3.18 bits per heavy atom. The van der Waals surface area contributed by atoms with E-state index in [2.05, 4.69) is 22.1 Å². The molecular formula is C12H12N4S. The van der Waals surface area contributed by atoms with Crippen LogP contribution in [0.4, 0.5) is 0 Å². The normalized spacial score (nSPS) is 14.9. The van der Waals surface area contributed by atoms with Gasteiger partial charge in [0.2, 0.25) is 0 Å². The highest BCUT2D eigenvalue weighted by Gasteiger charge is 2.21. The molecule has 0 saturated carbocycles. The number of aromatic nitrogens is 4. The van der Waals surface area contributed by atoms with E-state index in [4.69, 9.17) is 0 Å². The average Bonchev–Trinajstić information content (AvgIpc) is 2.99. The number of thiophene rings is 1. The fraction of sp³-hybridized carbons (Fsp3) is 0.417. The number of rotatable bonds is 1. The molecule has 0 aromatic carbocycles. The molecule has 0 aliphatic heterocycles. The lowest BCUT2D eigenvalue weighted by Gasteiger charge is -1.98. The summed E-state index contributed by atoms with van der Waals surface area (Å²) in [5.74, 6) is 0.993. The predicted octanol–water partition coefficient (Wildman–Crippen LogP) is 2.39. The minimum Gasteiger partial charge on any atom is -0.269 e. The molecule has 0 N–H and O–H groups in total. The van der Waals surface area contributed by atoms with Gasteiger partial charge in [-0.05, 0) is 24.8 Å². The van der Waals surface area contributed by atoms with Gasteiger partial charge in [-0.2, -0.15) is 0 Å². The molecule has 1 aliphatic rings. The van der Waals surface area contributed by atoms with Crippen molar-refractivity contribution in [1.29, 1.82) is 0 Å². The third kappa shape index (κ3) is 1.15. The summed E-state index contributed by atoms with van der Waals surface area (Å²) in [6, 6.07) is 0. The van der Waals surface area contributed by atoms with Gasteiger partial charge in [0, 0.05) is 11.3 Å². The van der Waals surface area contributed by atoms with Gasteiger partial charge >= 0.3 is 0 Å². The van der Waals surface area contributed by atoms with Gasteiger partial charge in [-0.1, -0.05) is 6.92 Å². The molecule has 86 valence electrons. The highest BCUT2D eigenvalue weighted by atomic mass is 32.1. The van der Waals surface area contributed by atoms with Crippen LogP contribution in [0.25, 0.3) is 15.9 Å². The number of hydrogen-bond donors (Lipinski definition) is 0. The minimum atomic E-state index is 0.890. The van der Waals surface area contributed by atoms with E-state index in [-0.39, 0.29) is 0 Å². The van der Waals surface area contributed by atoms with E-state index in [1.165, 1.54) is 35.1 Å². The Labute approximate surface area is 102 Å². The largest absolute Gasteiger partial charge is 0.269 e. The number of fused-ring (bicyclic) bond motifs is 5. The molecule has 4 rings (SSSR count). The summed E-state index contributed by atoms with van der Waals surface area (Å²) in [7, 11) is 0. The SMILES string of the molecule is CCc1nnc2c3c4c(sc3ncn12)CCC4. The zero-order valence-electron chi connectivity index (χ0n) is 9.60. The fourth-order valence-electron chi connectivity index (χ4n) is 2.68. The van der Waals surface area contributed by atoms with Crippen molar-refractivity contribution in [3.05, 3.63) is 22.6 Å². The maximum atomic E-state index is 4.56. The summed E-state index contributed by atoms with van der Waals surface area (Å²) in [5.41, 5.74) is 2.46. The van der Waals surface area contributed by atoms with Gasteiger partial charge in [0.25, 0.3) is 0 Å². The molecule has 0 spiro atoms. The van der Waals surface area contributed by atoms with E-state index in [0.717, 1.165) is 22.7 Å². The summed E-state index contributed by atoms with van der Waals surface area (Å²) in [4.78, 5) is 7.18. The lowest BCUT2D eigenvalue weighted by Crippen LogP contribution is -1.94. The van der Waals surface area contributed by atoms with Crippen LogP contribution < -0.4 is 0 Å². The van der Waals surface area contributed by atoms with Crippen LogP contribution >= 0.6 is 11.3 Å². The van der Waals surface area contributed by atoms with Gasteiger partial charge < -0.3 is 0 Å². The topological polar surface area (TPSA) is 43.1 Å². The van der Waals surface area contributed by atoms with Crippen molar-refractivity contribution < 1.29 is 0 Å². The first-order valence-corrected chi connectivity index (χ1v) is 6.83. The Hall–Kier alpha value is -1.49. The Morgan fingerprint density at radius 2 is 2.29 bits per heavy atom. The summed E-state index contributed by atoms with van der Waals surface area (Å²) in [6.07, 6.45) is 6.40. The van der Waals surface area contributed by atoms with Gasteiger partial charge in [-0.15, -0.1) is 21.5 Å². The van der Waals surface area contributed by atoms with E-state index >= 15 is 0 Å². The van der Waals surface area contributed by atoms with Crippen LogP contribution in [0.2, 0.25) is 0 Å². The van der Waals surface area contributed by atoms with Crippen molar-refractivity contribution in [1.82, 2.24) is 19.6 Å². The first-order valence-electron chi connectivity index (χ1n) is 6.01. The highest BCUT2D eigenvalue weighted by Crippen LogP contribution is 2.37. The molecule has 1 aliphatic carbocycles. The zero-order chi connectivity index (χ0) is 11.4. The molecule has 17 heavy (non-hydrogen) atoms. The Kier molecular flexibility index (Phi) is 1.83. The van der Waals surface area contributed by atoms with Crippen LogP contribution in [0.5, 0.6) is 0 Å². The van der Waals surface area contributed by atoms with Crippen LogP contribution in [0, 0.1) is 0 Å². The molecule has 3 aromatic heterocycles. The van der Waals surface area contributed by atoms with E-state index < -0.39 is 0 Å². The third-order valence-electron chi connectivity index (χ3n) is 3.50. The summed E-state index contributed by atoms with van der Waals surface area (Å²) < 4.78 is 2.04. The molecule has 0 bridgehead atoms. The molecule has 3 aromatic rings. The molecule has 4 nitrogen and oxygen atoms in total. The quantitative estimate of drug-likeness (QED) is 0.660. The van der Waals surface area contributed by atoms with Gasteiger partial charge in [0.15, 0.2) is 5.65 Å². The first-order chi connectivity index (χ1) is 8.38. The average molecular weight is 244 g/mol. The molecule has 0 unspecified atom stereocenters. The standard InChI is InChI=1S/C12H12N4S/c1-2-9-14-15-11-10-7-4-3-5-8(7)17-12(10)13-6-16(9)11/h6H,2-5H2,1H3. The fourth-order valence-corrected chi connectivity index (χ4v) is 3.90. The Bertz CT molecular complexity index is 725. The van der Waals surface area contributed by atoms with E-state index in [9.17, 15) is 0 Å². The summed E-state index contributed by atoms with van der Waals surface area (Å²) in [6.45, 7) is 2.10. The second kappa shape index (κ2) is 3.26. The maximum absolute atomic E-state index is 4.56. The molecule has 0 fully saturated rings. The van der Waals surface area contributed by atoms with Crippen LogP contribution in [-0.4, -0.2) is 19.6 Å². The second-order valence-electron chi connectivity index (χ2n) is 4.45. The third-order valence-corrected chi connectivity index (χ3v) is 4.70. The van der Waals surface area contributed by atoms with Crippen LogP contribution in [0.15, 0.2) is 6.33 Å². The van der Waals surface area contributed by atoms with Gasteiger partial charge in [0.05, 0.1) is 5.39 Å². The number of nitrogens with zero attached hydrogens (tertiary/aromatic N) is 4. The number of aryl methyl sites for hydroxylation is 3. The Morgan fingerprint density at radius 1 is 1.35 bits per heavy atom. The van der Waals surface area contributed by atoms with Gasteiger partial charge in [-0.25, -0.2) is 4.98 Å². The zero-order valence-corrected chi connectivity index (χ0v) is 10.4. The van der Waals surface area contributed by atoms with Crippen molar-refractivity contribution in [2.45, 2.75) is 32.6 Å². The van der Waals surface area contributed by atoms with Crippen molar-refractivity contribution in [2.24, 2.45) is 0 Å². The molecule has 5 heteroatoms. The van der Waals surface area contributed by atoms with Crippen LogP contribution in [0.1, 0.15) is 29.6 Å². The van der Waals surface area contributed by atoms with Crippen molar-refractivity contribution >= 4 is 27.2 Å². The summed E-state index contributed by atoms with van der Waals surface area (Å²) in [5, 5.41) is 9.84. The highest BCUT2D eigenvalue weighted by molar-refractivity contribution is 7.19. The molecule has 0 atom stereocenters. The lowest BCUT2D eigenvalue weighted by atomic mass is 10.2. The van der Waals surface area contributed by atoms with Crippen LogP contribution in [0.3, 0.4) is 0 Å². The molecule has 0 saturated heterocycles. The molecular weight excluding hydrogens is 232 g/mol. The van der Waals surface area contributed by atoms with Crippen molar-refractivity contribution in [3.8, 4) is 0 Å². The molecule has 3 heterocycles. The number of hydrogen-bond acceptors (Lipinski definition) is 4. The van der Waals surface area contributed by atoms with Crippen molar-refractivity contribution in [2.75, 3.05) is 0 Å². The predicted molar refractivity (Wildman–Crippen MR) is 67.6 cm³/mol. The van der Waals surface area contributed by atoms with Gasteiger partial charge in [-0.3, -0.25) is 4.40 Å². The minimum absolute atomic E-state index is 0.890.